The van der Waals surface area contributed by atoms with Crippen molar-refractivity contribution in [1.29, 1.82) is 0 Å². The topological polar surface area (TPSA) is 77.0 Å². The SMILES string of the molecule is Cc1cc(Oc2ccccc2)nc(N2CCC3(CC2)CN(C(=O)OC(C)(C)C)CCO3)n1. The molecule has 2 saturated heterocycles. The Balaban J connectivity index is 1.40. The number of carbonyl (C=O) groups is 1. The quantitative estimate of drug-likeness (QED) is 0.708. The maximum Gasteiger partial charge on any atom is 0.410 e. The number of benzene rings is 1. The first kappa shape index (κ1) is 22.3. The molecular formula is C24H32N4O4. The van der Waals surface area contributed by atoms with Gasteiger partial charge in [-0.3, -0.25) is 0 Å². The molecule has 1 amide bonds. The smallest absolute Gasteiger partial charge is 0.410 e. The lowest BCUT2D eigenvalue weighted by molar-refractivity contribution is -0.119. The molecule has 4 rings (SSSR count). The number of carbonyl (C=O) groups excluding carboxylic acids is 1. The molecule has 172 valence electrons. The summed E-state index contributed by atoms with van der Waals surface area (Å²) in [6, 6.07) is 11.4. The largest absolute Gasteiger partial charge is 0.444 e. The second kappa shape index (κ2) is 8.94. The number of morpholine rings is 1. The van der Waals surface area contributed by atoms with Crippen molar-refractivity contribution in [3.63, 3.8) is 0 Å². The molecule has 0 N–H and O–H groups in total. The fourth-order valence-corrected chi connectivity index (χ4v) is 4.07. The summed E-state index contributed by atoms with van der Waals surface area (Å²) in [5.74, 6) is 1.93. The maximum absolute atomic E-state index is 12.6. The second-order valence-corrected chi connectivity index (χ2v) is 9.48. The van der Waals surface area contributed by atoms with E-state index in [1.165, 1.54) is 0 Å². The Bertz CT molecular complexity index is 937. The molecular weight excluding hydrogens is 408 g/mol. The summed E-state index contributed by atoms with van der Waals surface area (Å²) < 4.78 is 17.7. The van der Waals surface area contributed by atoms with Gasteiger partial charge in [0.05, 0.1) is 18.8 Å². The number of ether oxygens (including phenoxy) is 3. The van der Waals surface area contributed by atoms with E-state index >= 15 is 0 Å². The summed E-state index contributed by atoms with van der Waals surface area (Å²) in [5, 5.41) is 0. The highest BCUT2D eigenvalue weighted by molar-refractivity contribution is 5.68. The van der Waals surface area contributed by atoms with Crippen molar-refractivity contribution < 1.29 is 19.0 Å². The highest BCUT2D eigenvalue weighted by Gasteiger charge is 2.42. The van der Waals surface area contributed by atoms with Gasteiger partial charge < -0.3 is 24.0 Å². The number of amides is 1. The minimum atomic E-state index is -0.506. The number of hydrogen-bond acceptors (Lipinski definition) is 7. The summed E-state index contributed by atoms with van der Waals surface area (Å²) in [5.41, 5.74) is -0.00137. The van der Waals surface area contributed by atoms with E-state index in [0.29, 0.717) is 31.5 Å². The van der Waals surface area contributed by atoms with E-state index in [-0.39, 0.29) is 11.7 Å². The standard InChI is InChI=1S/C24H32N4O4/c1-18-16-20(31-19-8-6-5-7-9-19)26-21(25-18)27-12-10-24(11-13-27)17-28(14-15-30-24)22(29)32-23(2,3)4/h5-9,16H,10-15,17H2,1-4H3. The summed E-state index contributed by atoms with van der Waals surface area (Å²) in [7, 11) is 0. The molecule has 2 aromatic rings. The lowest BCUT2D eigenvalue weighted by Gasteiger charge is -2.47. The van der Waals surface area contributed by atoms with Crippen molar-refractivity contribution >= 4 is 12.0 Å². The third-order valence-electron chi connectivity index (χ3n) is 5.64. The van der Waals surface area contributed by atoms with Crippen LogP contribution >= 0.6 is 0 Å². The van der Waals surface area contributed by atoms with Crippen LogP contribution in [0.2, 0.25) is 0 Å². The molecule has 2 aliphatic heterocycles. The van der Waals surface area contributed by atoms with Crippen LogP contribution in [-0.2, 0) is 9.47 Å². The van der Waals surface area contributed by atoms with Crippen molar-refractivity contribution in [2.24, 2.45) is 0 Å². The molecule has 0 bridgehead atoms. The molecule has 0 atom stereocenters. The predicted octanol–water partition coefficient (Wildman–Crippen LogP) is 4.18. The van der Waals surface area contributed by atoms with Crippen LogP contribution in [0.5, 0.6) is 11.6 Å². The van der Waals surface area contributed by atoms with E-state index in [9.17, 15) is 4.79 Å². The highest BCUT2D eigenvalue weighted by Crippen LogP contribution is 2.32. The van der Waals surface area contributed by atoms with Gasteiger partial charge in [0.25, 0.3) is 0 Å². The first-order valence-electron chi connectivity index (χ1n) is 11.2. The number of piperidine rings is 1. The van der Waals surface area contributed by atoms with Crippen LogP contribution in [0.25, 0.3) is 0 Å². The Kier molecular flexibility index (Phi) is 6.24. The van der Waals surface area contributed by atoms with Gasteiger partial charge in [-0.15, -0.1) is 0 Å². The van der Waals surface area contributed by atoms with Gasteiger partial charge in [0.2, 0.25) is 11.8 Å². The van der Waals surface area contributed by atoms with Gasteiger partial charge in [0.15, 0.2) is 0 Å². The van der Waals surface area contributed by atoms with E-state index < -0.39 is 5.60 Å². The summed E-state index contributed by atoms with van der Waals surface area (Å²) in [6.45, 7) is 10.7. The van der Waals surface area contributed by atoms with Crippen LogP contribution in [-0.4, -0.2) is 64.9 Å². The first-order valence-corrected chi connectivity index (χ1v) is 11.2. The van der Waals surface area contributed by atoms with E-state index in [0.717, 1.165) is 37.4 Å². The minimum Gasteiger partial charge on any atom is -0.444 e. The number of nitrogens with zero attached hydrogens (tertiary/aromatic N) is 4. The molecule has 0 radical (unpaired) electrons. The van der Waals surface area contributed by atoms with E-state index in [4.69, 9.17) is 14.2 Å². The summed E-state index contributed by atoms with van der Waals surface area (Å²) in [6.07, 6.45) is 1.31. The number of hydrogen-bond donors (Lipinski definition) is 0. The lowest BCUT2D eigenvalue weighted by atomic mass is 9.89. The molecule has 2 fully saturated rings. The molecule has 32 heavy (non-hydrogen) atoms. The molecule has 2 aliphatic rings. The normalized spacial score (nSPS) is 18.5. The van der Waals surface area contributed by atoms with E-state index in [2.05, 4.69) is 14.9 Å². The maximum atomic E-state index is 12.6. The second-order valence-electron chi connectivity index (χ2n) is 9.48. The molecule has 1 aromatic heterocycles. The highest BCUT2D eigenvalue weighted by atomic mass is 16.6. The summed E-state index contributed by atoms with van der Waals surface area (Å²) in [4.78, 5) is 25.8. The molecule has 0 aliphatic carbocycles. The zero-order valence-electron chi connectivity index (χ0n) is 19.3. The van der Waals surface area contributed by atoms with Crippen molar-refractivity contribution in [2.75, 3.05) is 37.7 Å². The van der Waals surface area contributed by atoms with Gasteiger partial charge in [0.1, 0.15) is 11.4 Å². The number of aryl methyl sites for hydroxylation is 1. The van der Waals surface area contributed by atoms with Crippen molar-refractivity contribution in [1.82, 2.24) is 14.9 Å². The van der Waals surface area contributed by atoms with Crippen LogP contribution in [0.4, 0.5) is 10.7 Å². The van der Waals surface area contributed by atoms with Crippen molar-refractivity contribution in [3.8, 4) is 11.6 Å². The molecule has 1 spiro atoms. The first-order chi connectivity index (χ1) is 15.2. The fourth-order valence-electron chi connectivity index (χ4n) is 4.07. The van der Waals surface area contributed by atoms with E-state index in [1.807, 2.05) is 64.1 Å². The van der Waals surface area contributed by atoms with Gasteiger partial charge in [-0.25, -0.2) is 9.78 Å². The zero-order chi connectivity index (χ0) is 22.8. The number of rotatable bonds is 3. The van der Waals surface area contributed by atoms with Crippen LogP contribution in [0.15, 0.2) is 36.4 Å². The Morgan fingerprint density at radius 3 is 2.50 bits per heavy atom. The van der Waals surface area contributed by atoms with Crippen molar-refractivity contribution in [3.05, 3.63) is 42.1 Å². The van der Waals surface area contributed by atoms with Gasteiger partial charge >= 0.3 is 6.09 Å². The van der Waals surface area contributed by atoms with Crippen LogP contribution in [0, 0.1) is 6.92 Å². The van der Waals surface area contributed by atoms with Gasteiger partial charge in [-0.2, -0.15) is 4.98 Å². The van der Waals surface area contributed by atoms with Crippen LogP contribution in [0.3, 0.4) is 0 Å². The van der Waals surface area contributed by atoms with Gasteiger partial charge in [-0.1, -0.05) is 18.2 Å². The molecule has 3 heterocycles. The molecule has 8 nitrogen and oxygen atoms in total. The number of anilines is 1. The molecule has 0 unspecified atom stereocenters. The zero-order valence-corrected chi connectivity index (χ0v) is 19.3. The Labute approximate surface area is 189 Å². The average Bonchev–Trinajstić information content (AvgIpc) is 2.73. The molecule has 0 saturated carbocycles. The number of para-hydroxylation sites is 1. The predicted molar refractivity (Wildman–Crippen MR) is 121 cm³/mol. The van der Waals surface area contributed by atoms with Gasteiger partial charge in [-0.05, 0) is 52.7 Å². The molecule has 1 aromatic carbocycles. The third-order valence-corrected chi connectivity index (χ3v) is 5.64. The Hall–Kier alpha value is -2.87. The lowest BCUT2D eigenvalue weighted by Crippen LogP contribution is -2.58. The Morgan fingerprint density at radius 2 is 1.81 bits per heavy atom. The third kappa shape index (κ3) is 5.48. The fraction of sp³-hybridized carbons (Fsp3) is 0.542. The average molecular weight is 441 g/mol. The minimum absolute atomic E-state index is 0.271. The number of aromatic nitrogens is 2. The molecule has 8 heteroatoms. The summed E-state index contributed by atoms with van der Waals surface area (Å²) >= 11 is 0. The van der Waals surface area contributed by atoms with Crippen LogP contribution < -0.4 is 9.64 Å². The monoisotopic (exact) mass is 440 g/mol. The van der Waals surface area contributed by atoms with Crippen LogP contribution in [0.1, 0.15) is 39.3 Å². The Morgan fingerprint density at radius 1 is 1.09 bits per heavy atom. The van der Waals surface area contributed by atoms with E-state index in [1.54, 1.807) is 4.90 Å². The van der Waals surface area contributed by atoms with Crippen molar-refractivity contribution in [2.45, 2.75) is 51.7 Å². The van der Waals surface area contributed by atoms with Gasteiger partial charge in [0, 0.05) is 31.4 Å².